The van der Waals surface area contributed by atoms with Crippen LogP contribution in [0.3, 0.4) is 0 Å². The van der Waals surface area contributed by atoms with Crippen LogP contribution in [0.5, 0.6) is 0 Å². The molecule has 2 aromatic rings. The van der Waals surface area contributed by atoms with E-state index in [0.29, 0.717) is 11.2 Å². The minimum Gasteiger partial charge on any atom is -0.272 e. The van der Waals surface area contributed by atoms with E-state index in [1.54, 1.807) is 23.1 Å². The number of alkyl halides is 2. The summed E-state index contributed by atoms with van der Waals surface area (Å²) < 4.78 is 53.9. The third kappa shape index (κ3) is 3.89. The van der Waals surface area contributed by atoms with Gasteiger partial charge in [0.05, 0.1) is 11.9 Å². The highest BCUT2D eigenvalue weighted by Gasteiger charge is 2.23. The van der Waals surface area contributed by atoms with Gasteiger partial charge < -0.3 is 0 Å². The van der Waals surface area contributed by atoms with Crippen molar-refractivity contribution >= 4 is 10.0 Å². The van der Waals surface area contributed by atoms with Gasteiger partial charge in [-0.2, -0.15) is 19.0 Å². The van der Waals surface area contributed by atoms with Gasteiger partial charge in [0.2, 0.25) is 10.0 Å². The maximum Gasteiger partial charge on any atom is 0.333 e. The molecular formula is C12H17F2N5O2S. The highest BCUT2D eigenvalue weighted by molar-refractivity contribution is 7.89. The zero-order valence-electron chi connectivity index (χ0n) is 12.1. The van der Waals surface area contributed by atoms with Crippen LogP contribution in [-0.2, 0) is 16.6 Å². The first-order valence-electron chi connectivity index (χ1n) is 6.60. The first-order valence-corrected chi connectivity index (χ1v) is 8.09. The number of rotatable bonds is 7. The molecular weight excluding hydrogens is 316 g/mol. The van der Waals surface area contributed by atoms with Crippen molar-refractivity contribution in [2.75, 3.05) is 6.54 Å². The van der Waals surface area contributed by atoms with Gasteiger partial charge in [0.1, 0.15) is 4.90 Å². The van der Waals surface area contributed by atoms with Gasteiger partial charge in [-0.1, -0.05) is 6.92 Å². The molecule has 1 N–H and O–H groups in total. The predicted molar refractivity (Wildman–Crippen MR) is 74.8 cm³/mol. The van der Waals surface area contributed by atoms with Gasteiger partial charge in [0.25, 0.3) is 0 Å². The lowest BCUT2D eigenvalue weighted by Gasteiger charge is -2.12. The average Bonchev–Trinajstić information content (AvgIpc) is 3.06. The molecule has 0 bridgehead atoms. The second-order valence-corrected chi connectivity index (χ2v) is 6.76. The van der Waals surface area contributed by atoms with E-state index in [1.165, 1.54) is 6.92 Å². The second-order valence-electron chi connectivity index (χ2n) is 5.02. The Balaban J connectivity index is 2.01. The topological polar surface area (TPSA) is 81.8 Å². The van der Waals surface area contributed by atoms with Crippen molar-refractivity contribution in [2.24, 2.45) is 5.92 Å². The minimum atomic E-state index is -3.87. The number of nitrogens with one attached hydrogen (secondary N) is 1. The van der Waals surface area contributed by atoms with Gasteiger partial charge in [-0.15, -0.1) is 0 Å². The molecule has 22 heavy (non-hydrogen) atoms. The van der Waals surface area contributed by atoms with Crippen LogP contribution in [0.15, 0.2) is 29.6 Å². The first-order chi connectivity index (χ1) is 10.3. The standard InChI is InChI=1S/C12H17F2N5O2S/c1-9(7-18-5-3-4-15-18)6-16-22(20,21)11-8-19(12(13)14)17-10(11)2/h3-5,8-9,12,16H,6-7H2,1-2H3/t9-/m1/s1. The van der Waals surface area contributed by atoms with Gasteiger partial charge in [-0.25, -0.2) is 17.8 Å². The third-order valence-electron chi connectivity index (χ3n) is 3.04. The van der Waals surface area contributed by atoms with Crippen LogP contribution in [-0.4, -0.2) is 34.5 Å². The van der Waals surface area contributed by atoms with E-state index >= 15 is 0 Å². The third-order valence-corrected chi connectivity index (χ3v) is 4.57. The van der Waals surface area contributed by atoms with Crippen molar-refractivity contribution in [3.05, 3.63) is 30.4 Å². The van der Waals surface area contributed by atoms with Gasteiger partial charge in [-0.3, -0.25) is 4.68 Å². The van der Waals surface area contributed by atoms with Crippen LogP contribution in [0.1, 0.15) is 19.2 Å². The molecule has 0 aliphatic rings. The Morgan fingerprint density at radius 3 is 2.68 bits per heavy atom. The van der Waals surface area contributed by atoms with Crippen LogP contribution >= 0.6 is 0 Å². The van der Waals surface area contributed by atoms with Crippen molar-refractivity contribution in [1.82, 2.24) is 24.3 Å². The Morgan fingerprint density at radius 1 is 1.41 bits per heavy atom. The predicted octanol–water partition coefficient (Wildman–Crippen LogP) is 1.40. The summed E-state index contributed by atoms with van der Waals surface area (Å²) in [4.78, 5) is -0.237. The lowest BCUT2D eigenvalue weighted by atomic mass is 10.2. The molecule has 0 fully saturated rings. The summed E-state index contributed by atoms with van der Waals surface area (Å²) in [5, 5.41) is 7.54. The monoisotopic (exact) mass is 333 g/mol. The van der Waals surface area contributed by atoms with Crippen molar-refractivity contribution in [3.8, 4) is 0 Å². The molecule has 0 unspecified atom stereocenters. The van der Waals surface area contributed by atoms with Crippen LogP contribution in [0.25, 0.3) is 0 Å². The Bertz CT molecular complexity index is 712. The summed E-state index contributed by atoms with van der Waals surface area (Å²) in [7, 11) is -3.87. The largest absolute Gasteiger partial charge is 0.333 e. The number of hydrogen-bond acceptors (Lipinski definition) is 4. The normalized spacial score (nSPS) is 13.7. The van der Waals surface area contributed by atoms with Gasteiger partial charge in [0.15, 0.2) is 0 Å². The zero-order chi connectivity index (χ0) is 16.3. The Morgan fingerprint density at radius 2 is 2.14 bits per heavy atom. The van der Waals surface area contributed by atoms with E-state index < -0.39 is 16.6 Å². The number of aromatic nitrogens is 4. The summed E-state index contributed by atoms with van der Waals surface area (Å²) in [6.07, 6.45) is 4.25. The van der Waals surface area contributed by atoms with E-state index in [9.17, 15) is 17.2 Å². The van der Waals surface area contributed by atoms with E-state index in [0.717, 1.165) is 6.20 Å². The molecule has 2 rings (SSSR count). The number of nitrogens with zero attached hydrogens (tertiary/aromatic N) is 4. The number of aryl methyl sites for hydroxylation is 1. The number of hydrogen-bond donors (Lipinski definition) is 1. The molecule has 1 atom stereocenters. The first kappa shape index (κ1) is 16.6. The molecule has 0 aliphatic carbocycles. The quantitative estimate of drug-likeness (QED) is 0.830. The fourth-order valence-corrected chi connectivity index (χ4v) is 3.29. The Kier molecular flexibility index (Phi) is 4.91. The lowest BCUT2D eigenvalue weighted by molar-refractivity contribution is 0.0561. The molecule has 0 radical (unpaired) electrons. The molecule has 2 aromatic heterocycles. The maximum absolute atomic E-state index is 12.5. The van der Waals surface area contributed by atoms with Crippen LogP contribution in [0, 0.1) is 12.8 Å². The van der Waals surface area contributed by atoms with E-state index in [-0.39, 0.29) is 23.1 Å². The van der Waals surface area contributed by atoms with E-state index in [1.807, 2.05) is 6.92 Å². The van der Waals surface area contributed by atoms with Crippen molar-refractivity contribution in [3.63, 3.8) is 0 Å². The molecule has 122 valence electrons. The summed E-state index contributed by atoms with van der Waals surface area (Å²) in [5.74, 6) is -0.0138. The van der Waals surface area contributed by atoms with E-state index in [4.69, 9.17) is 0 Å². The molecule has 0 saturated carbocycles. The fraction of sp³-hybridized carbons (Fsp3) is 0.500. The van der Waals surface area contributed by atoms with Gasteiger partial charge in [-0.05, 0) is 18.9 Å². The SMILES string of the molecule is Cc1nn(C(F)F)cc1S(=O)(=O)NC[C@@H](C)Cn1cccn1. The fourth-order valence-electron chi connectivity index (χ4n) is 1.95. The second kappa shape index (κ2) is 6.53. The molecule has 0 spiro atoms. The summed E-state index contributed by atoms with van der Waals surface area (Å²) >= 11 is 0. The van der Waals surface area contributed by atoms with Gasteiger partial charge in [0, 0.05) is 25.5 Å². The van der Waals surface area contributed by atoms with Crippen molar-refractivity contribution in [2.45, 2.75) is 31.8 Å². The molecule has 0 saturated heterocycles. The summed E-state index contributed by atoms with van der Waals surface area (Å²) in [5.41, 5.74) is 0.0347. The highest BCUT2D eigenvalue weighted by Crippen LogP contribution is 2.17. The van der Waals surface area contributed by atoms with Crippen LogP contribution < -0.4 is 4.72 Å². The molecule has 10 heteroatoms. The van der Waals surface area contributed by atoms with Crippen LogP contribution in [0.4, 0.5) is 8.78 Å². The maximum atomic E-state index is 12.5. The number of halogens is 2. The average molecular weight is 333 g/mol. The molecule has 2 heterocycles. The van der Waals surface area contributed by atoms with Gasteiger partial charge >= 0.3 is 6.55 Å². The molecule has 0 amide bonds. The minimum absolute atomic E-state index is 0.0138. The summed E-state index contributed by atoms with van der Waals surface area (Å²) in [6.45, 7) is 1.08. The molecule has 0 aliphatic heterocycles. The Hall–Kier alpha value is -1.81. The zero-order valence-corrected chi connectivity index (χ0v) is 13.0. The van der Waals surface area contributed by atoms with E-state index in [2.05, 4.69) is 14.9 Å². The smallest absolute Gasteiger partial charge is 0.272 e. The van der Waals surface area contributed by atoms with Crippen molar-refractivity contribution in [1.29, 1.82) is 0 Å². The molecule has 7 nitrogen and oxygen atoms in total. The Labute approximate surface area is 127 Å². The number of sulfonamides is 1. The highest BCUT2D eigenvalue weighted by atomic mass is 32.2. The van der Waals surface area contributed by atoms with Crippen molar-refractivity contribution < 1.29 is 17.2 Å². The molecule has 0 aromatic carbocycles. The van der Waals surface area contributed by atoms with Crippen LogP contribution in [0.2, 0.25) is 0 Å². The summed E-state index contributed by atoms with van der Waals surface area (Å²) in [6, 6.07) is 1.78. The lowest BCUT2D eigenvalue weighted by Crippen LogP contribution is -2.30.